The van der Waals surface area contributed by atoms with E-state index in [9.17, 15) is 9.59 Å². The van der Waals surface area contributed by atoms with Gasteiger partial charge >= 0.3 is 0 Å². The van der Waals surface area contributed by atoms with Crippen LogP contribution in [0.1, 0.15) is 48.7 Å². The summed E-state index contributed by atoms with van der Waals surface area (Å²) in [5.74, 6) is 0.313. The van der Waals surface area contributed by atoms with E-state index in [0.29, 0.717) is 19.3 Å². The van der Waals surface area contributed by atoms with E-state index >= 15 is 0 Å². The fourth-order valence-corrected chi connectivity index (χ4v) is 5.84. The molecule has 38 heavy (non-hydrogen) atoms. The summed E-state index contributed by atoms with van der Waals surface area (Å²) in [6, 6.07) is 16.3. The largest absolute Gasteiger partial charge is 0.372 e. The van der Waals surface area contributed by atoms with E-state index in [1.165, 1.54) is 0 Å². The van der Waals surface area contributed by atoms with Gasteiger partial charge in [-0.25, -0.2) is 0 Å². The lowest BCUT2D eigenvalue weighted by Gasteiger charge is -2.39. The van der Waals surface area contributed by atoms with Crippen LogP contribution in [0, 0.1) is 0 Å². The van der Waals surface area contributed by atoms with Gasteiger partial charge in [-0.2, -0.15) is 0 Å². The van der Waals surface area contributed by atoms with Crippen LogP contribution in [0.15, 0.2) is 48.5 Å². The number of amides is 1. The Morgan fingerprint density at radius 1 is 0.947 bits per heavy atom. The fraction of sp³-hybridized carbons (Fsp3) is 0.548. The molecule has 0 aliphatic carbocycles. The number of hydrogen-bond acceptors (Lipinski definition) is 6. The van der Waals surface area contributed by atoms with Crippen LogP contribution in [-0.2, 0) is 22.4 Å². The molecule has 2 aliphatic rings. The minimum atomic E-state index is -0.651. The maximum absolute atomic E-state index is 14.0. The summed E-state index contributed by atoms with van der Waals surface area (Å²) in [5, 5.41) is 3.29. The molecule has 2 heterocycles. The highest BCUT2D eigenvalue weighted by Crippen LogP contribution is 2.29. The maximum atomic E-state index is 14.0. The summed E-state index contributed by atoms with van der Waals surface area (Å²) in [7, 11) is 3.99. The first-order valence-electron chi connectivity index (χ1n) is 14.0. The lowest BCUT2D eigenvalue weighted by molar-refractivity contribution is -0.131. The molecule has 0 aromatic heterocycles. The number of benzene rings is 2. The Morgan fingerprint density at radius 3 is 2.08 bits per heavy atom. The Morgan fingerprint density at radius 2 is 1.53 bits per heavy atom. The van der Waals surface area contributed by atoms with Gasteiger partial charge < -0.3 is 19.9 Å². The number of anilines is 1. The van der Waals surface area contributed by atoms with Crippen LogP contribution >= 0.6 is 0 Å². The molecule has 2 aliphatic heterocycles. The van der Waals surface area contributed by atoms with Gasteiger partial charge in [0.15, 0.2) is 5.78 Å². The molecule has 4 rings (SSSR count). The zero-order chi connectivity index (χ0) is 27.3. The SMILES string of the molecule is CCC(Cc1ccc(CC(=O)N2CCNCC2)cc1)(C(=O)c1ccc(N2CC(C)OC(C)C2)cc1)N(C)C. The number of nitrogens with one attached hydrogen (secondary N) is 1. The minimum Gasteiger partial charge on any atom is -0.372 e. The molecule has 1 N–H and O–H groups in total. The number of morpholine rings is 1. The van der Waals surface area contributed by atoms with Crippen molar-refractivity contribution in [3.63, 3.8) is 0 Å². The third-order valence-corrected chi connectivity index (χ3v) is 8.12. The van der Waals surface area contributed by atoms with E-state index in [1.54, 1.807) is 0 Å². The van der Waals surface area contributed by atoms with Gasteiger partial charge in [0, 0.05) is 50.5 Å². The van der Waals surface area contributed by atoms with Crippen LogP contribution in [0.4, 0.5) is 5.69 Å². The molecule has 0 saturated carbocycles. The van der Waals surface area contributed by atoms with E-state index in [1.807, 2.05) is 43.3 Å². The molecule has 7 nitrogen and oxygen atoms in total. The number of nitrogens with zero attached hydrogens (tertiary/aromatic N) is 3. The zero-order valence-electron chi connectivity index (χ0n) is 23.7. The summed E-state index contributed by atoms with van der Waals surface area (Å²) >= 11 is 0. The third kappa shape index (κ3) is 6.45. The topological polar surface area (TPSA) is 65.1 Å². The van der Waals surface area contributed by atoms with Crippen molar-refractivity contribution < 1.29 is 14.3 Å². The number of rotatable bonds is 9. The maximum Gasteiger partial charge on any atom is 0.227 e. The summed E-state index contributed by atoms with van der Waals surface area (Å²) in [6.45, 7) is 11.3. The first kappa shape index (κ1) is 28.3. The van der Waals surface area contributed by atoms with E-state index in [4.69, 9.17) is 4.74 Å². The van der Waals surface area contributed by atoms with Gasteiger partial charge in [-0.3, -0.25) is 14.5 Å². The van der Waals surface area contributed by atoms with E-state index in [-0.39, 0.29) is 23.9 Å². The van der Waals surface area contributed by atoms with Crippen molar-refractivity contribution >= 4 is 17.4 Å². The number of Topliss-reactive ketones (excluding diaryl/α,β-unsaturated/α-hetero) is 1. The average molecular weight is 521 g/mol. The van der Waals surface area contributed by atoms with Gasteiger partial charge in [-0.15, -0.1) is 0 Å². The van der Waals surface area contributed by atoms with Crippen LogP contribution in [0.25, 0.3) is 0 Å². The van der Waals surface area contributed by atoms with Gasteiger partial charge in [-0.05, 0) is 76.2 Å². The van der Waals surface area contributed by atoms with Gasteiger partial charge in [0.2, 0.25) is 5.91 Å². The Labute approximate surface area is 228 Å². The predicted molar refractivity (Wildman–Crippen MR) is 153 cm³/mol. The number of likely N-dealkylation sites (N-methyl/N-ethyl adjacent to an activating group) is 1. The third-order valence-electron chi connectivity index (χ3n) is 8.12. The summed E-state index contributed by atoms with van der Waals surface area (Å²) in [5.41, 5.74) is 3.32. The Kier molecular flexibility index (Phi) is 9.23. The minimum absolute atomic E-state index is 0.137. The van der Waals surface area contributed by atoms with Gasteiger partial charge in [0.05, 0.1) is 24.2 Å². The summed E-state index contributed by atoms with van der Waals surface area (Å²) < 4.78 is 5.87. The molecule has 7 heteroatoms. The molecule has 0 radical (unpaired) electrons. The highest BCUT2D eigenvalue weighted by molar-refractivity contribution is 6.03. The number of carbonyl (C=O) groups is 2. The fourth-order valence-electron chi connectivity index (χ4n) is 5.84. The standard InChI is InChI=1S/C31H44N4O3/c1-6-31(33(4)5,20-26-9-7-25(8-10-26)19-29(36)34-17-15-32-16-18-34)30(37)27-11-13-28(14-12-27)35-21-23(2)38-24(3)22-35/h7-14,23-24,32H,6,15-22H2,1-5H3. The molecule has 3 atom stereocenters. The van der Waals surface area contributed by atoms with E-state index in [0.717, 1.165) is 61.6 Å². The van der Waals surface area contributed by atoms with Crippen molar-refractivity contribution in [2.24, 2.45) is 0 Å². The molecule has 0 bridgehead atoms. The molecule has 0 spiro atoms. The van der Waals surface area contributed by atoms with Crippen molar-refractivity contribution in [3.8, 4) is 0 Å². The highest BCUT2D eigenvalue weighted by atomic mass is 16.5. The first-order valence-corrected chi connectivity index (χ1v) is 14.0. The molecular formula is C31H44N4O3. The summed E-state index contributed by atoms with van der Waals surface area (Å²) in [6.07, 6.45) is 2.10. The Hall–Kier alpha value is -2.74. The average Bonchev–Trinajstić information content (AvgIpc) is 2.92. The molecule has 2 aromatic rings. The second-order valence-electron chi connectivity index (χ2n) is 11.1. The van der Waals surface area contributed by atoms with Crippen molar-refractivity contribution in [1.29, 1.82) is 0 Å². The lowest BCUT2D eigenvalue weighted by atomic mass is 9.80. The number of ketones is 1. The van der Waals surface area contributed by atoms with Crippen LogP contribution in [0.2, 0.25) is 0 Å². The molecule has 206 valence electrons. The molecule has 1 amide bonds. The Balaban J connectivity index is 1.46. The van der Waals surface area contributed by atoms with E-state index in [2.05, 4.69) is 60.2 Å². The van der Waals surface area contributed by atoms with Crippen molar-refractivity contribution in [1.82, 2.24) is 15.1 Å². The van der Waals surface area contributed by atoms with Gasteiger partial charge in [0.25, 0.3) is 0 Å². The second kappa shape index (κ2) is 12.4. The molecular weight excluding hydrogens is 476 g/mol. The number of piperazine rings is 1. The quantitative estimate of drug-likeness (QED) is 0.512. The molecule has 2 saturated heterocycles. The molecule has 3 unspecified atom stereocenters. The lowest BCUT2D eigenvalue weighted by Crippen LogP contribution is -2.52. The number of carbonyl (C=O) groups excluding carboxylic acids is 2. The van der Waals surface area contributed by atoms with Crippen molar-refractivity contribution in [2.45, 2.75) is 57.8 Å². The Bertz CT molecular complexity index is 1070. The monoisotopic (exact) mass is 520 g/mol. The first-order chi connectivity index (χ1) is 18.2. The van der Waals surface area contributed by atoms with Crippen molar-refractivity contribution in [3.05, 3.63) is 65.2 Å². The van der Waals surface area contributed by atoms with Crippen LogP contribution in [0.3, 0.4) is 0 Å². The van der Waals surface area contributed by atoms with Crippen LogP contribution in [-0.4, -0.2) is 92.6 Å². The second-order valence-corrected chi connectivity index (χ2v) is 11.1. The smallest absolute Gasteiger partial charge is 0.227 e. The highest BCUT2D eigenvalue weighted by Gasteiger charge is 2.39. The van der Waals surface area contributed by atoms with Gasteiger partial charge in [-0.1, -0.05) is 31.2 Å². The molecule has 2 aromatic carbocycles. The van der Waals surface area contributed by atoms with E-state index < -0.39 is 5.54 Å². The predicted octanol–water partition coefficient (Wildman–Crippen LogP) is 3.41. The number of hydrogen-bond donors (Lipinski definition) is 1. The van der Waals surface area contributed by atoms with Crippen molar-refractivity contribution in [2.75, 3.05) is 58.3 Å². The zero-order valence-corrected chi connectivity index (χ0v) is 23.7. The van der Waals surface area contributed by atoms with Crippen LogP contribution in [0.5, 0.6) is 0 Å². The summed E-state index contributed by atoms with van der Waals surface area (Å²) in [4.78, 5) is 33.0. The number of ether oxygens (including phenoxy) is 1. The normalized spacial score (nSPS) is 21.8. The molecule has 2 fully saturated rings. The van der Waals surface area contributed by atoms with Gasteiger partial charge in [0.1, 0.15) is 0 Å². The van der Waals surface area contributed by atoms with Crippen LogP contribution < -0.4 is 10.2 Å².